The number of nitrogens with one attached hydrogen (secondary N) is 2. The van der Waals surface area contributed by atoms with Crippen LogP contribution in [0.1, 0.15) is 12.0 Å². The van der Waals surface area contributed by atoms with Crippen molar-refractivity contribution in [1.29, 1.82) is 0 Å². The van der Waals surface area contributed by atoms with E-state index in [0.717, 1.165) is 16.5 Å². The molecule has 0 fully saturated rings. The lowest BCUT2D eigenvalue weighted by Crippen LogP contribution is -2.25. The van der Waals surface area contributed by atoms with Gasteiger partial charge in [0.1, 0.15) is 0 Å². The Labute approximate surface area is 150 Å². The number of sulfone groups is 1. The molecule has 3 aromatic rings. The molecule has 25 heavy (non-hydrogen) atoms. The number of aromatic amines is 1. The number of carbonyl (C=O) groups excluding carboxylic acids is 1. The first-order chi connectivity index (χ1) is 12.0. The van der Waals surface area contributed by atoms with Crippen LogP contribution >= 0.6 is 11.6 Å². The second-order valence-electron chi connectivity index (χ2n) is 5.64. The molecule has 1 amide bonds. The zero-order valence-electron chi connectivity index (χ0n) is 13.3. The molecule has 130 valence electrons. The Morgan fingerprint density at radius 2 is 1.80 bits per heavy atom. The predicted octanol–water partition coefficient (Wildman–Crippen LogP) is 3.30. The zero-order valence-corrected chi connectivity index (χ0v) is 14.9. The van der Waals surface area contributed by atoms with Crippen LogP contribution in [0.2, 0.25) is 5.02 Å². The minimum absolute atomic E-state index is 0.0566. The lowest BCUT2D eigenvalue weighted by atomic mass is 10.2. The van der Waals surface area contributed by atoms with Crippen molar-refractivity contribution in [1.82, 2.24) is 10.3 Å². The number of aromatic nitrogens is 1. The van der Waals surface area contributed by atoms with E-state index >= 15 is 0 Å². The van der Waals surface area contributed by atoms with E-state index in [2.05, 4.69) is 10.3 Å². The third-order valence-electron chi connectivity index (χ3n) is 3.92. The van der Waals surface area contributed by atoms with Gasteiger partial charge in [0.15, 0.2) is 9.84 Å². The average Bonchev–Trinajstić information content (AvgIpc) is 3.02. The Hall–Kier alpha value is -2.31. The molecule has 0 atom stereocenters. The van der Waals surface area contributed by atoms with Gasteiger partial charge < -0.3 is 10.3 Å². The molecule has 0 spiro atoms. The summed E-state index contributed by atoms with van der Waals surface area (Å²) in [5, 5.41) is 3.96. The topological polar surface area (TPSA) is 79.0 Å². The molecule has 0 aliphatic carbocycles. The van der Waals surface area contributed by atoms with Gasteiger partial charge in [-0.2, -0.15) is 0 Å². The molecule has 2 N–H and O–H groups in total. The van der Waals surface area contributed by atoms with Gasteiger partial charge in [-0.1, -0.05) is 41.9 Å². The van der Waals surface area contributed by atoms with Crippen LogP contribution in [0.3, 0.4) is 0 Å². The monoisotopic (exact) mass is 376 g/mol. The first-order valence-corrected chi connectivity index (χ1v) is 9.79. The van der Waals surface area contributed by atoms with E-state index in [0.29, 0.717) is 6.54 Å². The van der Waals surface area contributed by atoms with Crippen LogP contribution in [0, 0.1) is 0 Å². The second kappa shape index (κ2) is 7.29. The summed E-state index contributed by atoms with van der Waals surface area (Å²) < 4.78 is 24.6. The number of H-pyrrole nitrogens is 1. The van der Waals surface area contributed by atoms with Crippen LogP contribution in [0.5, 0.6) is 0 Å². The Morgan fingerprint density at radius 1 is 1.08 bits per heavy atom. The number of benzene rings is 2. The van der Waals surface area contributed by atoms with Crippen LogP contribution in [-0.4, -0.2) is 25.1 Å². The third kappa shape index (κ3) is 4.03. The van der Waals surface area contributed by atoms with E-state index in [4.69, 9.17) is 11.6 Å². The first-order valence-electron chi connectivity index (χ1n) is 7.76. The van der Waals surface area contributed by atoms with Gasteiger partial charge >= 0.3 is 0 Å². The Bertz CT molecular complexity index is 1010. The fourth-order valence-electron chi connectivity index (χ4n) is 2.59. The number of amides is 1. The summed E-state index contributed by atoms with van der Waals surface area (Å²) in [6, 6.07) is 14.0. The number of hydrogen-bond acceptors (Lipinski definition) is 3. The van der Waals surface area contributed by atoms with Gasteiger partial charge in [-0.15, -0.1) is 0 Å². The highest BCUT2D eigenvalue weighted by molar-refractivity contribution is 7.91. The maximum atomic E-state index is 12.3. The lowest BCUT2D eigenvalue weighted by molar-refractivity contribution is -0.120. The summed E-state index contributed by atoms with van der Waals surface area (Å²) >= 11 is 5.93. The van der Waals surface area contributed by atoms with Crippen molar-refractivity contribution >= 4 is 38.2 Å². The van der Waals surface area contributed by atoms with Crippen molar-refractivity contribution in [3.05, 3.63) is 65.3 Å². The molecule has 0 saturated carbocycles. The molecule has 1 heterocycles. The highest BCUT2D eigenvalue weighted by atomic mass is 35.5. The number of carbonyl (C=O) groups is 1. The molecule has 3 rings (SSSR count). The third-order valence-corrected chi connectivity index (χ3v) is 6.13. The van der Waals surface area contributed by atoms with E-state index in [1.807, 2.05) is 30.5 Å². The van der Waals surface area contributed by atoms with Gasteiger partial charge in [-0.3, -0.25) is 4.79 Å². The molecule has 7 heteroatoms. The molecule has 0 bridgehead atoms. The second-order valence-corrected chi connectivity index (χ2v) is 8.12. The van der Waals surface area contributed by atoms with Crippen molar-refractivity contribution < 1.29 is 13.2 Å². The van der Waals surface area contributed by atoms with E-state index in [1.54, 1.807) is 12.1 Å². The predicted molar refractivity (Wildman–Crippen MR) is 98.3 cm³/mol. The minimum Gasteiger partial charge on any atom is -0.361 e. The molecule has 0 unspecified atom stereocenters. The number of para-hydroxylation sites is 1. The van der Waals surface area contributed by atoms with Crippen LogP contribution in [-0.2, 0) is 21.2 Å². The van der Waals surface area contributed by atoms with Gasteiger partial charge in [-0.05, 0) is 23.8 Å². The molecule has 0 radical (unpaired) electrons. The number of rotatable bonds is 6. The molecule has 1 aromatic heterocycles. The summed E-state index contributed by atoms with van der Waals surface area (Å²) in [5.41, 5.74) is 1.95. The average molecular weight is 377 g/mol. The van der Waals surface area contributed by atoms with Gasteiger partial charge in [0, 0.05) is 30.1 Å². The highest BCUT2D eigenvalue weighted by Gasteiger charge is 2.19. The van der Waals surface area contributed by atoms with Crippen molar-refractivity contribution in [3.8, 4) is 0 Å². The fourth-order valence-corrected chi connectivity index (χ4v) is 4.41. The Balaban J connectivity index is 1.59. The molecular formula is C18H17ClN2O3S. The summed E-state index contributed by atoms with van der Waals surface area (Å²) in [5.74, 6) is -0.600. The SMILES string of the molecule is O=C(CCS(=O)(=O)c1ccccc1Cl)NCc1c[nH]c2ccccc12. The van der Waals surface area contributed by atoms with Crippen molar-refractivity contribution in [2.24, 2.45) is 0 Å². The normalized spacial score (nSPS) is 11.6. The standard InChI is InChI=1S/C18H17ClN2O3S/c19-15-6-2-4-8-17(15)25(23,24)10-9-18(22)21-12-13-11-20-16-7-3-1-5-14(13)16/h1-8,11,20H,9-10,12H2,(H,21,22). The van der Waals surface area contributed by atoms with Crippen molar-refractivity contribution in [2.45, 2.75) is 17.9 Å². The number of hydrogen-bond donors (Lipinski definition) is 2. The van der Waals surface area contributed by atoms with Gasteiger partial charge in [-0.25, -0.2) is 8.42 Å². The summed E-state index contributed by atoms with van der Waals surface area (Å²) in [7, 11) is -3.59. The van der Waals surface area contributed by atoms with E-state index < -0.39 is 9.84 Å². The zero-order chi connectivity index (χ0) is 17.9. The quantitative estimate of drug-likeness (QED) is 0.692. The molecular weight excluding hydrogens is 360 g/mol. The van der Waals surface area contributed by atoms with E-state index in [-0.39, 0.29) is 28.0 Å². The molecule has 2 aromatic carbocycles. The summed E-state index contributed by atoms with van der Waals surface area (Å²) in [6.45, 7) is 0.342. The maximum Gasteiger partial charge on any atom is 0.221 e. The maximum absolute atomic E-state index is 12.3. The van der Waals surface area contributed by atoms with Gasteiger partial charge in [0.25, 0.3) is 0 Å². The Morgan fingerprint density at radius 3 is 2.60 bits per heavy atom. The lowest BCUT2D eigenvalue weighted by Gasteiger charge is -2.07. The van der Waals surface area contributed by atoms with Gasteiger partial charge in [0.2, 0.25) is 5.91 Å². The molecule has 0 aliphatic heterocycles. The van der Waals surface area contributed by atoms with Crippen LogP contribution in [0.4, 0.5) is 0 Å². The number of fused-ring (bicyclic) bond motifs is 1. The Kier molecular flexibility index (Phi) is 5.11. The van der Waals surface area contributed by atoms with E-state index in [1.165, 1.54) is 12.1 Å². The molecule has 5 nitrogen and oxygen atoms in total. The van der Waals surface area contributed by atoms with E-state index in [9.17, 15) is 13.2 Å². The van der Waals surface area contributed by atoms with Crippen molar-refractivity contribution in [2.75, 3.05) is 5.75 Å². The molecule has 0 saturated heterocycles. The van der Waals surface area contributed by atoms with Crippen LogP contribution in [0.25, 0.3) is 10.9 Å². The fraction of sp³-hybridized carbons (Fsp3) is 0.167. The van der Waals surface area contributed by atoms with Gasteiger partial charge in [0.05, 0.1) is 15.7 Å². The highest BCUT2D eigenvalue weighted by Crippen LogP contribution is 2.22. The number of halogens is 1. The van der Waals surface area contributed by atoms with Crippen LogP contribution < -0.4 is 5.32 Å². The first kappa shape index (κ1) is 17.5. The molecule has 0 aliphatic rings. The summed E-state index contributed by atoms with van der Waals surface area (Å²) in [4.78, 5) is 15.2. The van der Waals surface area contributed by atoms with Crippen molar-refractivity contribution in [3.63, 3.8) is 0 Å². The van der Waals surface area contributed by atoms with Crippen LogP contribution in [0.15, 0.2) is 59.6 Å². The smallest absolute Gasteiger partial charge is 0.221 e. The largest absolute Gasteiger partial charge is 0.361 e. The minimum atomic E-state index is -3.59. The summed E-state index contributed by atoms with van der Waals surface area (Å²) in [6.07, 6.45) is 1.72.